The van der Waals surface area contributed by atoms with E-state index in [9.17, 15) is 14.0 Å². The number of nitrogens with one attached hydrogen (secondary N) is 1. The maximum absolute atomic E-state index is 13.5. The largest absolute Gasteiger partial charge is 0.496 e. The first-order valence-electron chi connectivity index (χ1n) is 11.5. The minimum atomic E-state index is -0.721. The number of rotatable bonds is 11. The molecule has 2 amide bonds. The molecule has 0 aliphatic carbocycles. The Morgan fingerprint density at radius 2 is 1.62 bits per heavy atom. The van der Waals surface area contributed by atoms with Crippen LogP contribution >= 0.6 is 0 Å². The second kappa shape index (κ2) is 12.5. The Labute approximate surface area is 200 Å². The van der Waals surface area contributed by atoms with Crippen molar-refractivity contribution in [3.63, 3.8) is 0 Å². The van der Waals surface area contributed by atoms with E-state index in [0.29, 0.717) is 25.0 Å². The lowest BCUT2D eigenvalue weighted by atomic mass is 10.0. The second-order valence-electron chi connectivity index (χ2n) is 8.13. The van der Waals surface area contributed by atoms with Crippen molar-refractivity contribution in [3.8, 4) is 5.75 Å². The van der Waals surface area contributed by atoms with Crippen LogP contribution < -0.4 is 10.1 Å². The highest BCUT2D eigenvalue weighted by atomic mass is 19.1. The van der Waals surface area contributed by atoms with E-state index in [1.54, 1.807) is 24.1 Å². The molecule has 0 heterocycles. The first kappa shape index (κ1) is 25.0. The fourth-order valence-electron chi connectivity index (χ4n) is 3.85. The number of para-hydroxylation sites is 1. The van der Waals surface area contributed by atoms with E-state index in [4.69, 9.17) is 4.74 Å². The van der Waals surface area contributed by atoms with Crippen molar-refractivity contribution < 1.29 is 18.7 Å². The van der Waals surface area contributed by atoms with Gasteiger partial charge in [0.2, 0.25) is 11.8 Å². The molecule has 0 aliphatic rings. The zero-order valence-corrected chi connectivity index (χ0v) is 19.7. The molecule has 0 aromatic heterocycles. The number of hydrogen-bond acceptors (Lipinski definition) is 3. The third-order valence-corrected chi connectivity index (χ3v) is 5.65. The molecule has 0 bridgehead atoms. The average Bonchev–Trinajstić information content (AvgIpc) is 2.86. The van der Waals surface area contributed by atoms with E-state index in [2.05, 4.69) is 5.32 Å². The Morgan fingerprint density at radius 1 is 0.941 bits per heavy atom. The molecule has 3 rings (SSSR count). The van der Waals surface area contributed by atoms with Gasteiger partial charge < -0.3 is 15.0 Å². The molecule has 0 saturated heterocycles. The molecule has 3 aromatic carbocycles. The number of methoxy groups -OCH3 is 1. The summed E-state index contributed by atoms with van der Waals surface area (Å²) in [6.07, 6.45) is 1.36. The summed E-state index contributed by atoms with van der Waals surface area (Å²) in [5, 5.41) is 2.99. The average molecular weight is 463 g/mol. The lowest BCUT2D eigenvalue weighted by Gasteiger charge is -2.31. The Kier molecular flexibility index (Phi) is 9.21. The number of nitrogens with zero attached hydrogens (tertiary/aromatic N) is 1. The fourth-order valence-corrected chi connectivity index (χ4v) is 3.85. The quantitative estimate of drug-likeness (QED) is 0.441. The first-order valence-corrected chi connectivity index (χ1v) is 11.5. The minimum absolute atomic E-state index is 0.111. The number of carbonyl (C=O) groups excluding carboxylic acids is 2. The molecule has 0 radical (unpaired) electrons. The molecule has 1 N–H and O–H groups in total. The van der Waals surface area contributed by atoms with Gasteiger partial charge in [-0.15, -0.1) is 0 Å². The minimum Gasteiger partial charge on any atom is -0.496 e. The predicted molar refractivity (Wildman–Crippen MR) is 131 cm³/mol. The van der Waals surface area contributed by atoms with Crippen LogP contribution in [-0.4, -0.2) is 29.9 Å². The second-order valence-corrected chi connectivity index (χ2v) is 8.13. The molecule has 178 valence electrons. The number of halogens is 1. The maximum atomic E-state index is 13.5. The zero-order chi connectivity index (χ0) is 24.3. The van der Waals surface area contributed by atoms with Crippen LogP contribution in [0.5, 0.6) is 5.75 Å². The van der Waals surface area contributed by atoms with Gasteiger partial charge in [-0.25, -0.2) is 4.39 Å². The molecule has 0 unspecified atom stereocenters. The molecular formula is C28H31FN2O3. The molecular weight excluding hydrogens is 431 g/mol. The van der Waals surface area contributed by atoms with Crippen molar-refractivity contribution in [2.24, 2.45) is 0 Å². The number of benzene rings is 3. The Hall–Kier alpha value is -3.67. The van der Waals surface area contributed by atoms with E-state index in [-0.39, 0.29) is 30.7 Å². The smallest absolute Gasteiger partial charge is 0.243 e. The molecule has 0 saturated carbocycles. The van der Waals surface area contributed by atoms with Crippen LogP contribution in [0.3, 0.4) is 0 Å². The van der Waals surface area contributed by atoms with Gasteiger partial charge in [-0.3, -0.25) is 9.59 Å². The number of carbonyl (C=O) groups is 2. The molecule has 0 aliphatic heterocycles. The van der Waals surface area contributed by atoms with Gasteiger partial charge in [-0.05, 0) is 35.7 Å². The van der Waals surface area contributed by atoms with E-state index in [1.165, 1.54) is 12.1 Å². The van der Waals surface area contributed by atoms with Gasteiger partial charge in [0.05, 0.1) is 7.11 Å². The molecule has 1 atom stereocenters. The Bertz CT molecular complexity index is 1070. The highest BCUT2D eigenvalue weighted by molar-refractivity contribution is 5.88. The first-order chi connectivity index (χ1) is 16.5. The van der Waals surface area contributed by atoms with E-state index in [0.717, 1.165) is 16.7 Å². The summed E-state index contributed by atoms with van der Waals surface area (Å²) in [7, 11) is 1.59. The molecule has 5 nitrogen and oxygen atoms in total. The molecule has 34 heavy (non-hydrogen) atoms. The van der Waals surface area contributed by atoms with E-state index < -0.39 is 6.04 Å². The summed E-state index contributed by atoms with van der Waals surface area (Å²) in [6, 6.07) is 22.4. The van der Waals surface area contributed by atoms with Crippen molar-refractivity contribution >= 4 is 11.8 Å². The van der Waals surface area contributed by atoms with Crippen molar-refractivity contribution in [3.05, 3.63) is 101 Å². The maximum Gasteiger partial charge on any atom is 0.243 e. The van der Waals surface area contributed by atoms with Crippen LogP contribution in [-0.2, 0) is 29.1 Å². The van der Waals surface area contributed by atoms with Crippen molar-refractivity contribution in [1.82, 2.24) is 10.2 Å². The summed E-state index contributed by atoms with van der Waals surface area (Å²) in [6.45, 7) is 2.43. The molecule has 0 fully saturated rings. The van der Waals surface area contributed by atoms with Crippen molar-refractivity contribution in [2.75, 3.05) is 7.11 Å². The van der Waals surface area contributed by atoms with Crippen LogP contribution in [0.4, 0.5) is 4.39 Å². The number of hydrogen-bond donors (Lipinski definition) is 1. The van der Waals surface area contributed by atoms with Crippen molar-refractivity contribution in [1.29, 1.82) is 0 Å². The molecule has 6 heteroatoms. The summed E-state index contributed by atoms with van der Waals surface area (Å²) in [5.74, 6) is -0.0141. The highest BCUT2D eigenvalue weighted by Gasteiger charge is 2.30. The zero-order valence-electron chi connectivity index (χ0n) is 19.7. The number of amides is 2. The number of ether oxygens (including phenoxy) is 1. The van der Waals surface area contributed by atoms with Gasteiger partial charge in [-0.2, -0.15) is 0 Å². The van der Waals surface area contributed by atoms with Gasteiger partial charge in [0.25, 0.3) is 0 Å². The van der Waals surface area contributed by atoms with E-state index in [1.807, 2.05) is 61.5 Å². The lowest BCUT2D eigenvalue weighted by Crippen LogP contribution is -2.50. The third-order valence-electron chi connectivity index (χ3n) is 5.65. The standard InChI is InChI=1S/C28H31FN2O3/c1-3-9-27(32)31(20-22-14-16-24(29)17-15-22)25(18-21-10-5-4-6-11-21)28(33)30-19-23-12-7-8-13-26(23)34-2/h4-8,10-17,25H,3,9,18-20H2,1-2H3,(H,30,33)/t25-/m0/s1. The van der Waals surface area contributed by atoms with Gasteiger partial charge in [0, 0.05) is 31.5 Å². The normalized spacial score (nSPS) is 11.5. The van der Waals surface area contributed by atoms with Crippen LogP contribution in [0.1, 0.15) is 36.5 Å². The van der Waals surface area contributed by atoms with E-state index >= 15 is 0 Å². The van der Waals surface area contributed by atoms with Crippen LogP contribution in [0, 0.1) is 5.82 Å². The SMILES string of the molecule is CCCC(=O)N(Cc1ccc(F)cc1)[C@@H](Cc1ccccc1)C(=O)NCc1ccccc1OC. The molecule has 3 aromatic rings. The summed E-state index contributed by atoms with van der Waals surface area (Å²) in [5.41, 5.74) is 2.57. The Balaban J connectivity index is 1.88. The van der Waals surface area contributed by atoms with Gasteiger partial charge >= 0.3 is 0 Å². The summed E-state index contributed by atoms with van der Waals surface area (Å²) >= 11 is 0. The van der Waals surface area contributed by atoms with Crippen LogP contribution in [0.2, 0.25) is 0 Å². The molecule has 0 spiro atoms. The summed E-state index contributed by atoms with van der Waals surface area (Å²) in [4.78, 5) is 28.3. The van der Waals surface area contributed by atoms with Gasteiger partial charge in [0.1, 0.15) is 17.6 Å². The third kappa shape index (κ3) is 6.91. The highest BCUT2D eigenvalue weighted by Crippen LogP contribution is 2.19. The predicted octanol–water partition coefficient (Wildman–Crippen LogP) is 4.89. The van der Waals surface area contributed by atoms with Crippen LogP contribution in [0.25, 0.3) is 0 Å². The fraction of sp³-hybridized carbons (Fsp3) is 0.286. The van der Waals surface area contributed by atoms with Gasteiger partial charge in [0.15, 0.2) is 0 Å². The Morgan fingerprint density at radius 3 is 2.29 bits per heavy atom. The van der Waals surface area contributed by atoms with Crippen molar-refractivity contribution in [2.45, 2.75) is 45.3 Å². The summed E-state index contributed by atoms with van der Waals surface area (Å²) < 4.78 is 18.8. The monoisotopic (exact) mass is 462 g/mol. The topological polar surface area (TPSA) is 58.6 Å². The van der Waals surface area contributed by atoms with Gasteiger partial charge in [-0.1, -0.05) is 67.6 Å². The van der Waals surface area contributed by atoms with Crippen LogP contribution in [0.15, 0.2) is 78.9 Å². The lowest BCUT2D eigenvalue weighted by molar-refractivity contribution is -0.141.